The Hall–Kier alpha value is -1.94. The number of nitrogens with zero attached hydrogens (tertiary/aromatic N) is 1. The third-order valence-electron chi connectivity index (χ3n) is 2.89. The Morgan fingerprint density at radius 1 is 1.26 bits per heavy atom. The quantitative estimate of drug-likeness (QED) is 0.839. The van der Waals surface area contributed by atoms with Crippen LogP contribution in [0.4, 0.5) is 5.82 Å². The normalized spacial score (nSPS) is 10.2. The summed E-state index contributed by atoms with van der Waals surface area (Å²) in [5.41, 5.74) is 9.81. The molecule has 1 heterocycles. The standard InChI is InChI=1S/C15H17N3S/c1-10-8-11(2)18-15(13(10)14(16)19)17-9-12-6-4-3-5-7-12/h3-8H,9H2,1-2H3,(H2,16,19)(H,17,18). The van der Waals surface area contributed by atoms with Gasteiger partial charge in [0.1, 0.15) is 10.8 Å². The number of nitrogens with one attached hydrogen (secondary N) is 1. The Morgan fingerprint density at radius 3 is 2.58 bits per heavy atom. The smallest absolute Gasteiger partial charge is 0.137 e. The number of rotatable bonds is 4. The van der Waals surface area contributed by atoms with Crippen molar-refractivity contribution in [3.05, 3.63) is 58.8 Å². The zero-order chi connectivity index (χ0) is 13.8. The Kier molecular flexibility index (Phi) is 4.12. The van der Waals surface area contributed by atoms with Crippen LogP contribution >= 0.6 is 12.2 Å². The highest BCUT2D eigenvalue weighted by Gasteiger charge is 2.11. The fourth-order valence-corrected chi connectivity index (χ4v) is 2.32. The summed E-state index contributed by atoms with van der Waals surface area (Å²) in [6.45, 7) is 4.66. The lowest BCUT2D eigenvalue weighted by molar-refractivity contribution is 1.08. The third kappa shape index (κ3) is 3.29. The van der Waals surface area contributed by atoms with E-state index in [9.17, 15) is 0 Å². The highest BCUT2D eigenvalue weighted by atomic mass is 32.1. The summed E-state index contributed by atoms with van der Waals surface area (Å²) in [6.07, 6.45) is 0. The molecule has 3 N–H and O–H groups in total. The molecule has 19 heavy (non-hydrogen) atoms. The van der Waals surface area contributed by atoms with E-state index in [0.717, 1.165) is 22.6 Å². The van der Waals surface area contributed by atoms with Gasteiger partial charge < -0.3 is 11.1 Å². The maximum absolute atomic E-state index is 5.79. The molecule has 4 heteroatoms. The number of benzene rings is 1. The summed E-state index contributed by atoms with van der Waals surface area (Å²) in [5.74, 6) is 0.758. The SMILES string of the molecule is Cc1cc(C)c(C(N)=S)c(NCc2ccccc2)n1. The predicted molar refractivity (Wildman–Crippen MR) is 83.4 cm³/mol. The van der Waals surface area contributed by atoms with Gasteiger partial charge >= 0.3 is 0 Å². The molecule has 0 radical (unpaired) electrons. The van der Waals surface area contributed by atoms with Gasteiger partial charge in [-0.2, -0.15) is 0 Å². The van der Waals surface area contributed by atoms with E-state index in [1.165, 1.54) is 5.56 Å². The molecule has 0 saturated carbocycles. The van der Waals surface area contributed by atoms with Gasteiger partial charge in [-0.3, -0.25) is 0 Å². The van der Waals surface area contributed by atoms with Crippen molar-refractivity contribution in [3.63, 3.8) is 0 Å². The average molecular weight is 271 g/mol. The lowest BCUT2D eigenvalue weighted by Crippen LogP contribution is -2.16. The summed E-state index contributed by atoms with van der Waals surface area (Å²) in [7, 11) is 0. The molecule has 0 saturated heterocycles. The van der Waals surface area contributed by atoms with Crippen molar-refractivity contribution in [1.29, 1.82) is 0 Å². The van der Waals surface area contributed by atoms with Crippen molar-refractivity contribution in [2.45, 2.75) is 20.4 Å². The van der Waals surface area contributed by atoms with E-state index in [-0.39, 0.29) is 0 Å². The van der Waals surface area contributed by atoms with Gasteiger partial charge in [-0.25, -0.2) is 4.98 Å². The maximum Gasteiger partial charge on any atom is 0.137 e. The van der Waals surface area contributed by atoms with Crippen molar-refractivity contribution < 1.29 is 0 Å². The molecule has 0 amide bonds. The molecule has 0 bridgehead atoms. The van der Waals surface area contributed by atoms with Crippen molar-refractivity contribution >= 4 is 23.0 Å². The number of anilines is 1. The zero-order valence-corrected chi connectivity index (χ0v) is 11.9. The van der Waals surface area contributed by atoms with Crippen LogP contribution in [0.5, 0.6) is 0 Å². The number of thiocarbonyl (C=S) groups is 1. The molecule has 2 aromatic rings. The van der Waals surface area contributed by atoms with E-state index in [1.54, 1.807) is 0 Å². The molecule has 2 rings (SSSR count). The second-order valence-corrected chi connectivity index (χ2v) is 4.95. The lowest BCUT2D eigenvalue weighted by Gasteiger charge is -2.13. The van der Waals surface area contributed by atoms with E-state index >= 15 is 0 Å². The summed E-state index contributed by atoms with van der Waals surface area (Å²) in [6, 6.07) is 12.1. The summed E-state index contributed by atoms with van der Waals surface area (Å²) < 4.78 is 0. The third-order valence-corrected chi connectivity index (χ3v) is 3.10. The highest BCUT2D eigenvalue weighted by molar-refractivity contribution is 7.80. The molecule has 0 aliphatic heterocycles. The minimum Gasteiger partial charge on any atom is -0.389 e. The second-order valence-electron chi connectivity index (χ2n) is 4.51. The van der Waals surface area contributed by atoms with Crippen LogP contribution in [-0.2, 0) is 6.54 Å². The first-order valence-electron chi connectivity index (χ1n) is 6.14. The van der Waals surface area contributed by atoms with Gasteiger partial charge in [0.2, 0.25) is 0 Å². The molecule has 0 atom stereocenters. The molecule has 0 aliphatic rings. The van der Waals surface area contributed by atoms with Crippen LogP contribution in [0.15, 0.2) is 36.4 Å². The van der Waals surface area contributed by atoms with Crippen molar-refractivity contribution in [2.24, 2.45) is 5.73 Å². The zero-order valence-electron chi connectivity index (χ0n) is 11.1. The highest BCUT2D eigenvalue weighted by Crippen LogP contribution is 2.19. The van der Waals surface area contributed by atoms with Crippen LogP contribution in [-0.4, -0.2) is 9.97 Å². The van der Waals surface area contributed by atoms with Gasteiger partial charge in [0.05, 0.1) is 5.56 Å². The molecule has 1 aromatic heterocycles. The lowest BCUT2D eigenvalue weighted by atomic mass is 10.1. The van der Waals surface area contributed by atoms with Crippen molar-refractivity contribution in [1.82, 2.24) is 4.98 Å². The monoisotopic (exact) mass is 271 g/mol. The maximum atomic E-state index is 5.79. The minimum atomic E-state index is 0.376. The molecule has 98 valence electrons. The van der Waals surface area contributed by atoms with Crippen LogP contribution in [0, 0.1) is 13.8 Å². The summed E-state index contributed by atoms with van der Waals surface area (Å²) in [4.78, 5) is 4.87. The van der Waals surface area contributed by atoms with E-state index in [4.69, 9.17) is 18.0 Å². The number of aryl methyl sites for hydroxylation is 2. The van der Waals surface area contributed by atoms with E-state index in [1.807, 2.05) is 38.1 Å². The van der Waals surface area contributed by atoms with Gasteiger partial charge in [0, 0.05) is 12.2 Å². The topological polar surface area (TPSA) is 50.9 Å². The van der Waals surface area contributed by atoms with Gasteiger partial charge in [-0.15, -0.1) is 0 Å². The first-order chi connectivity index (χ1) is 9.08. The molecule has 0 unspecified atom stereocenters. The molecular weight excluding hydrogens is 254 g/mol. The van der Waals surface area contributed by atoms with Crippen LogP contribution in [0.3, 0.4) is 0 Å². The van der Waals surface area contributed by atoms with Crippen LogP contribution in [0.25, 0.3) is 0 Å². The Balaban J connectivity index is 2.27. The summed E-state index contributed by atoms with van der Waals surface area (Å²) >= 11 is 5.11. The molecule has 0 spiro atoms. The van der Waals surface area contributed by atoms with E-state index < -0.39 is 0 Å². The molecule has 3 nitrogen and oxygen atoms in total. The van der Waals surface area contributed by atoms with E-state index in [0.29, 0.717) is 11.5 Å². The first kappa shape index (κ1) is 13.5. The van der Waals surface area contributed by atoms with Gasteiger partial charge in [-0.1, -0.05) is 42.5 Å². The van der Waals surface area contributed by atoms with Crippen LogP contribution < -0.4 is 11.1 Å². The Labute approximate surface area is 118 Å². The Bertz CT molecular complexity index is 594. The fraction of sp³-hybridized carbons (Fsp3) is 0.200. The number of hydrogen-bond donors (Lipinski definition) is 2. The Morgan fingerprint density at radius 2 is 1.95 bits per heavy atom. The van der Waals surface area contributed by atoms with Gasteiger partial charge in [0.25, 0.3) is 0 Å². The minimum absolute atomic E-state index is 0.376. The molecule has 0 fully saturated rings. The van der Waals surface area contributed by atoms with Crippen LogP contribution in [0.1, 0.15) is 22.4 Å². The van der Waals surface area contributed by atoms with Gasteiger partial charge in [-0.05, 0) is 31.0 Å². The van der Waals surface area contributed by atoms with Gasteiger partial charge in [0.15, 0.2) is 0 Å². The van der Waals surface area contributed by atoms with Crippen LogP contribution in [0.2, 0.25) is 0 Å². The molecule has 1 aromatic carbocycles. The van der Waals surface area contributed by atoms with E-state index in [2.05, 4.69) is 22.4 Å². The number of pyridine rings is 1. The second kappa shape index (κ2) is 5.80. The first-order valence-corrected chi connectivity index (χ1v) is 6.54. The number of hydrogen-bond acceptors (Lipinski definition) is 3. The van der Waals surface area contributed by atoms with Crippen molar-refractivity contribution in [3.8, 4) is 0 Å². The summed E-state index contributed by atoms with van der Waals surface area (Å²) in [5, 5.41) is 3.31. The number of aromatic nitrogens is 1. The largest absolute Gasteiger partial charge is 0.389 e. The van der Waals surface area contributed by atoms with Crippen molar-refractivity contribution in [2.75, 3.05) is 5.32 Å². The molecule has 0 aliphatic carbocycles. The average Bonchev–Trinajstić information content (AvgIpc) is 2.36. The fourth-order valence-electron chi connectivity index (χ4n) is 2.06. The predicted octanol–water partition coefficient (Wildman–Crippen LogP) is 2.94. The number of nitrogens with two attached hydrogens (primary N) is 1. The molecular formula is C15H17N3S.